The molecule has 10 nitrogen and oxygen atoms in total. The van der Waals surface area contributed by atoms with Gasteiger partial charge in [-0.25, -0.2) is 0 Å². The molecule has 0 radical (unpaired) electrons. The number of hydrogen-bond donors (Lipinski definition) is 4. The molecule has 0 aliphatic heterocycles. The second-order valence-corrected chi connectivity index (χ2v) is 10.4. The highest BCUT2D eigenvalue weighted by atomic mass is 32.2. The minimum absolute atomic E-state index is 0.0520. The Morgan fingerprint density at radius 3 is 1.44 bits per heavy atom. The van der Waals surface area contributed by atoms with Crippen LogP contribution in [0, 0.1) is 0 Å². The topological polar surface area (TPSA) is 136 Å². The summed E-state index contributed by atoms with van der Waals surface area (Å²) < 4.78 is 21.3. The van der Waals surface area contributed by atoms with E-state index >= 15 is 0 Å². The van der Waals surface area contributed by atoms with E-state index in [0.717, 1.165) is 24.3 Å². The van der Waals surface area contributed by atoms with Crippen LogP contribution in [0.2, 0.25) is 0 Å². The first-order chi connectivity index (χ1) is 19.9. The molecule has 41 heavy (non-hydrogen) atoms. The Kier molecular flexibility index (Phi) is 17.6. The van der Waals surface area contributed by atoms with E-state index in [1.54, 1.807) is 60.3 Å². The molecule has 0 heterocycles. The number of ether oxygens (including phenoxy) is 4. The first-order valence-corrected chi connectivity index (χ1v) is 15.2. The van der Waals surface area contributed by atoms with Crippen molar-refractivity contribution < 1.29 is 38.7 Å². The highest BCUT2D eigenvalue weighted by molar-refractivity contribution is 7.99. The molecule has 2 unspecified atom stereocenters. The van der Waals surface area contributed by atoms with Crippen molar-refractivity contribution in [3.05, 3.63) is 48.5 Å². The number of amides is 2. The van der Waals surface area contributed by atoms with Gasteiger partial charge in [-0.3, -0.25) is 9.59 Å². The highest BCUT2D eigenvalue weighted by Gasteiger charge is 2.08. The summed E-state index contributed by atoms with van der Waals surface area (Å²) in [4.78, 5) is 24.4. The lowest BCUT2D eigenvalue weighted by Crippen LogP contribution is -2.23. The molecule has 0 bridgehead atoms. The van der Waals surface area contributed by atoms with Gasteiger partial charge in [0.1, 0.15) is 36.9 Å². The van der Waals surface area contributed by atoms with Crippen molar-refractivity contribution in [2.24, 2.45) is 0 Å². The molecule has 2 aromatic rings. The molecular formula is C30H44N2O8S. The van der Waals surface area contributed by atoms with Crippen LogP contribution in [-0.4, -0.2) is 85.4 Å². The second kappa shape index (κ2) is 21.0. The SMILES string of the molecule is CCOCC(O)COc1ccc(NC(=O)CCCSCCCC(=O)Nc2ccc(OCC(O)COCC)cc2)cc1. The van der Waals surface area contributed by atoms with Crippen molar-refractivity contribution in [2.45, 2.75) is 51.7 Å². The molecule has 0 saturated heterocycles. The van der Waals surface area contributed by atoms with Gasteiger partial charge in [-0.15, -0.1) is 0 Å². The fourth-order valence-electron chi connectivity index (χ4n) is 3.48. The molecule has 11 heteroatoms. The Morgan fingerprint density at radius 2 is 1.07 bits per heavy atom. The maximum absolute atomic E-state index is 12.2. The quantitative estimate of drug-likeness (QED) is 0.149. The van der Waals surface area contributed by atoms with Crippen LogP contribution in [0.1, 0.15) is 39.5 Å². The Labute approximate surface area is 247 Å². The number of aliphatic hydroxyl groups excluding tert-OH is 2. The number of benzene rings is 2. The van der Waals surface area contributed by atoms with E-state index in [4.69, 9.17) is 18.9 Å². The number of thioether (sulfide) groups is 1. The van der Waals surface area contributed by atoms with Gasteiger partial charge in [-0.1, -0.05) is 0 Å². The summed E-state index contributed by atoms with van der Waals surface area (Å²) in [5, 5.41) is 25.3. The van der Waals surface area contributed by atoms with E-state index in [1.807, 2.05) is 13.8 Å². The smallest absolute Gasteiger partial charge is 0.224 e. The molecule has 4 N–H and O–H groups in total. The summed E-state index contributed by atoms with van der Waals surface area (Å²) in [5.41, 5.74) is 1.38. The maximum atomic E-state index is 12.2. The fourth-order valence-corrected chi connectivity index (χ4v) is 4.38. The zero-order chi connectivity index (χ0) is 29.7. The van der Waals surface area contributed by atoms with E-state index in [-0.39, 0.29) is 38.2 Å². The summed E-state index contributed by atoms with van der Waals surface area (Å²) in [6, 6.07) is 14.0. The summed E-state index contributed by atoms with van der Waals surface area (Å²) in [7, 11) is 0. The van der Waals surface area contributed by atoms with Gasteiger partial charge in [0, 0.05) is 37.4 Å². The number of hydrogen-bond acceptors (Lipinski definition) is 9. The predicted octanol–water partition coefficient (Wildman–Crippen LogP) is 4.11. The van der Waals surface area contributed by atoms with E-state index in [9.17, 15) is 19.8 Å². The number of nitrogens with one attached hydrogen (secondary N) is 2. The molecular weight excluding hydrogens is 548 g/mol. The van der Waals surface area contributed by atoms with Gasteiger partial charge in [-0.05, 0) is 86.7 Å². The van der Waals surface area contributed by atoms with Gasteiger partial charge in [0.15, 0.2) is 0 Å². The largest absolute Gasteiger partial charge is 0.491 e. The highest BCUT2D eigenvalue weighted by Crippen LogP contribution is 2.18. The van der Waals surface area contributed by atoms with Crippen LogP contribution in [0.5, 0.6) is 11.5 Å². The first kappa shape index (κ1) is 34.4. The van der Waals surface area contributed by atoms with Crippen LogP contribution in [-0.2, 0) is 19.1 Å². The Balaban J connectivity index is 1.50. The van der Waals surface area contributed by atoms with Gasteiger partial charge >= 0.3 is 0 Å². The summed E-state index contributed by atoms with van der Waals surface area (Å²) in [6.07, 6.45) is 0.957. The molecule has 2 aromatic carbocycles. The number of rotatable bonds is 22. The molecule has 2 rings (SSSR count). The zero-order valence-corrected chi connectivity index (χ0v) is 24.8. The van der Waals surface area contributed by atoms with Crippen molar-refractivity contribution in [3.8, 4) is 11.5 Å². The number of carbonyl (C=O) groups is 2. The Bertz CT molecular complexity index is 911. The lowest BCUT2D eigenvalue weighted by molar-refractivity contribution is -0.117. The van der Waals surface area contributed by atoms with E-state index in [1.165, 1.54) is 0 Å². The normalized spacial score (nSPS) is 12.4. The van der Waals surface area contributed by atoms with Crippen LogP contribution >= 0.6 is 11.8 Å². The number of aliphatic hydroxyl groups is 2. The number of anilines is 2. The van der Waals surface area contributed by atoms with Gasteiger partial charge < -0.3 is 39.8 Å². The molecule has 0 fully saturated rings. The van der Waals surface area contributed by atoms with Gasteiger partial charge in [0.25, 0.3) is 0 Å². The van der Waals surface area contributed by atoms with Crippen LogP contribution in [0.3, 0.4) is 0 Å². The van der Waals surface area contributed by atoms with Gasteiger partial charge in [-0.2, -0.15) is 11.8 Å². The zero-order valence-electron chi connectivity index (χ0n) is 24.0. The monoisotopic (exact) mass is 592 g/mol. The molecule has 228 valence electrons. The molecule has 2 atom stereocenters. The van der Waals surface area contributed by atoms with Crippen molar-refractivity contribution in [3.63, 3.8) is 0 Å². The van der Waals surface area contributed by atoms with E-state index in [2.05, 4.69) is 10.6 Å². The Morgan fingerprint density at radius 1 is 0.683 bits per heavy atom. The standard InChI is InChI=1S/C30H44N2O8S/c1-3-37-19-25(33)21-39-27-13-9-23(10-14-27)31-29(35)7-5-17-41-18-6-8-30(36)32-24-11-15-28(16-12-24)40-22-26(34)20-38-4-2/h9-16,25-26,33-34H,3-8,17-22H2,1-2H3,(H,31,35)(H,32,36). The van der Waals surface area contributed by atoms with Crippen molar-refractivity contribution in [1.82, 2.24) is 0 Å². The van der Waals surface area contributed by atoms with Crippen molar-refractivity contribution in [2.75, 3.05) is 61.8 Å². The van der Waals surface area contributed by atoms with Crippen LogP contribution in [0.4, 0.5) is 11.4 Å². The average molecular weight is 593 g/mol. The summed E-state index contributed by atoms with van der Waals surface area (Å²) in [6.45, 7) is 5.56. The predicted molar refractivity (Wildman–Crippen MR) is 162 cm³/mol. The molecule has 0 saturated carbocycles. The van der Waals surface area contributed by atoms with Gasteiger partial charge in [0.2, 0.25) is 11.8 Å². The number of carbonyl (C=O) groups excluding carboxylic acids is 2. The van der Waals surface area contributed by atoms with Crippen LogP contribution < -0.4 is 20.1 Å². The third-order valence-electron chi connectivity index (χ3n) is 5.57. The molecule has 2 amide bonds. The summed E-state index contributed by atoms with van der Waals surface area (Å²) in [5.74, 6) is 2.79. The second-order valence-electron chi connectivity index (χ2n) is 9.21. The van der Waals surface area contributed by atoms with Gasteiger partial charge in [0.05, 0.1) is 13.2 Å². The summed E-state index contributed by atoms with van der Waals surface area (Å²) >= 11 is 1.73. The minimum Gasteiger partial charge on any atom is -0.491 e. The molecule has 0 aliphatic carbocycles. The maximum Gasteiger partial charge on any atom is 0.224 e. The van der Waals surface area contributed by atoms with Crippen LogP contribution in [0.15, 0.2) is 48.5 Å². The lowest BCUT2D eigenvalue weighted by Gasteiger charge is -2.12. The van der Waals surface area contributed by atoms with E-state index < -0.39 is 12.2 Å². The molecule has 0 spiro atoms. The van der Waals surface area contributed by atoms with Crippen molar-refractivity contribution in [1.29, 1.82) is 0 Å². The lowest BCUT2D eigenvalue weighted by atomic mass is 10.2. The molecule has 0 aliphatic rings. The Hall–Kier alpha value is -2.83. The van der Waals surface area contributed by atoms with Crippen LogP contribution in [0.25, 0.3) is 0 Å². The van der Waals surface area contributed by atoms with Crippen molar-refractivity contribution >= 4 is 35.0 Å². The first-order valence-electron chi connectivity index (χ1n) is 14.0. The van der Waals surface area contributed by atoms with E-state index in [0.29, 0.717) is 48.9 Å². The minimum atomic E-state index is -0.687. The third-order valence-corrected chi connectivity index (χ3v) is 6.73. The fraction of sp³-hybridized carbons (Fsp3) is 0.533. The average Bonchev–Trinajstić information content (AvgIpc) is 2.97. The molecule has 0 aromatic heterocycles. The third kappa shape index (κ3) is 16.3.